The van der Waals surface area contributed by atoms with Crippen molar-refractivity contribution in [1.29, 1.82) is 0 Å². The lowest BCUT2D eigenvalue weighted by atomic mass is 9.98. The number of carbonyl (C=O) groups is 1. The predicted octanol–water partition coefficient (Wildman–Crippen LogP) is 3.38. The van der Waals surface area contributed by atoms with Gasteiger partial charge in [-0.05, 0) is 28.3 Å². The van der Waals surface area contributed by atoms with Gasteiger partial charge in [0.1, 0.15) is 11.6 Å². The summed E-state index contributed by atoms with van der Waals surface area (Å²) in [7, 11) is 0. The summed E-state index contributed by atoms with van der Waals surface area (Å²) in [5, 5.41) is 17.6. The van der Waals surface area contributed by atoms with Crippen LogP contribution >= 0.6 is 0 Å². The Kier molecular flexibility index (Phi) is 6.45. The van der Waals surface area contributed by atoms with E-state index in [1.165, 1.54) is 6.20 Å². The van der Waals surface area contributed by atoms with Gasteiger partial charge >= 0.3 is 0 Å². The van der Waals surface area contributed by atoms with Crippen LogP contribution < -0.4 is 11.1 Å². The number of rotatable bonds is 9. The van der Waals surface area contributed by atoms with Gasteiger partial charge in [-0.2, -0.15) is 5.21 Å². The molecule has 162 valence electrons. The predicted molar refractivity (Wildman–Crippen MR) is 122 cm³/mol. The molecule has 0 radical (unpaired) electrons. The van der Waals surface area contributed by atoms with E-state index in [-0.39, 0.29) is 5.56 Å². The Morgan fingerprint density at radius 3 is 2.56 bits per heavy atom. The topological polar surface area (TPSA) is 135 Å². The van der Waals surface area contributed by atoms with Gasteiger partial charge < -0.3 is 11.1 Å². The molecule has 1 amide bonds. The molecule has 0 atom stereocenters. The first-order chi connectivity index (χ1) is 15.7. The minimum absolute atomic E-state index is 0.288. The molecule has 0 bridgehead atoms. The third kappa shape index (κ3) is 4.77. The Hall–Kier alpha value is -4.14. The lowest BCUT2D eigenvalue weighted by molar-refractivity contribution is 0.100. The van der Waals surface area contributed by atoms with Crippen molar-refractivity contribution in [2.24, 2.45) is 5.73 Å². The standard InChI is InChI=1S/C23H24N8O/c1-2-3-8-20-25-14-19(21(24)32)22(27-20)26-13-15-9-11-16(12-10-15)17-6-4-5-7-18(17)23-28-30-31-29-23/h4-7,9-12,14H,2-3,8,13H2,1H3,(H2,24,32)(H,25,26,27)(H,28,29,30,31). The second-order valence-electron chi connectivity index (χ2n) is 7.35. The van der Waals surface area contributed by atoms with Gasteiger partial charge in [-0.3, -0.25) is 4.79 Å². The normalized spacial score (nSPS) is 10.8. The number of primary amides is 1. The van der Waals surface area contributed by atoms with Crippen molar-refractivity contribution in [2.75, 3.05) is 5.32 Å². The van der Waals surface area contributed by atoms with Gasteiger partial charge in [-0.25, -0.2) is 9.97 Å². The second-order valence-corrected chi connectivity index (χ2v) is 7.35. The SMILES string of the molecule is CCCCc1ncc(C(N)=O)c(NCc2ccc(-c3ccccc3-c3nn[nH]n3)cc2)n1. The molecule has 0 fully saturated rings. The van der Waals surface area contributed by atoms with Crippen LogP contribution in [0.15, 0.2) is 54.7 Å². The molecule has 9 nitrogen and oxygen atoms in total. The maximum Gasteiger partial charge on any atom is 0.254 e. The Balaban J connectivity index is 1.52. The number of aromatic amines is 1. The first-order valence-corrected chi connectivity index (χ1v) is 10.5. The molecular formula is C23H24N8O. The van der Waals surface area contributed by atoms with Crippen LogP contribution in [0.1, 0.15) is 41.5 Å². The largest absolute Gasteiger partial charge is 0.365 e. The smallest absolute Gasteiger partial charge is 0.254 e. The molecule has 32 heavy (non-hydrogen) atoms. The lowest BCUT2D eigenvalue weighted by Crippen LogP contribution is -2.17. The fraction of sp³-hybridized carbons (Fsp3) is 0.217. The number of aromatic nitrogens is 6. The first-order valence-electron chi connectivity index (χ1n) is 10.5. The van der Waals surface area contributed by atoms with E-state index < -0.39 is 5.91 Å². The van der Waals surface area contributed by atoms with Gasteiger partial charge in [0.2, 0.25) is 5.82 Å². The molecule has 9 heteroatoms. The van der Waals surface area contributed by atoms with E-state index in [1.54, 1.807) is 0 Å². The molecule has 2 heterocycles. The number of carbonyl (C=O) groups excluding carboxylic acids is 1. The number of hydrogen-bond acceptors (Lipinski definition) is 7. The molecule has 0 saturated carbocycles. The van der Waals surface area contributed by atoms with Crippen LogP contribution in [-0.4, -0.2) is 36.5 Å². The zero-order valence-corrected chi connectivity index (χ0v) is 17.7. The fourth-order valence-corrected chi connectivity index (χ4v) is 3.38. The van der Waals surface area contributed by atoms with E-state index in [1.807, 2.05) is 48.5 Å². The van der Waals surface area contributed by atoms with Gasteiger partial charge in [0.15, 0.2) is 0 Å². The van der Waals surface area contributed by atoms with Crippen LogP contribution in [0.2, 0.25) is 0 Å². The highest BCUT2D eigenvalue weighted by Gasteiger charge is 2.13. The summed E-state index contributed by atoms with van der Waals surface area (Å²) in [6.07, 6.45) is 4.30. The Bertz CT molecular complexity index is 1190. The summed E-state index contributed by atoms with van der Waals surface area (Å²) in [6.45, 7) is 2.61. The third-order valence-corrected chi connectivity index (χ3v) is 5.10. The number of tetrazole rings is 1. The van der Waals surface area contributed by atoms with Gasteiger partial charge in [-0.15, -0.1) is 10.2 Å². The molecule has 4 aromatic rings. The second kappa shape index (κ2) is 9.78. The van der Waals surface area contributed by atoms with Crippen LogP contribution in [-0.2, 0) is 13.0 Å². The van der Waals surface area contributed by atoms with Crippen LogP contribution in [0.25, 0.3) is 22.5 Å². The zero-order valence-electron chi connectivity index (χ0n) is 17.7. The van der Waals surface area contributed by atoms with Crippen molar-refractivity contribution < 1.29 is 4.79 Å². The number of nitrogens with zero attached hydrogens (tertiary/aromatic N) is 5. The molecule has 2 aromatic carbocycles. The zero-order chi connectivity index (χ0) is 22.3. The van der Waals surface area contributed by atoms with Gasteiger partial charge in [-0.1, -0.05) is 61.9 Å². The number of nitrogens with one attached hydrogen (secondary N) is 2. The summed E-state index contributed by atoms with van der Waals surface area (Å²) in [4.78, 5) is 20.5. The van der Waals surface area contributed by atoms with Crippen LogP contribution in [0, 0.1) is 0 Å². The van der Waals surface area contributed by atoms with Crippen molar-refractivity contribution in [1.82, 2.24) is 30.6 Å². The van der Waals surface area contributed by atoms with Gasteiger partial charge in [0, 0.05) is 24.7 Å². The highest BCUT2D eigenvalue weighted by atomic mass is 16.1. The monoisotopic (exact) mass is 428 g/mol. The lowest BCUT2D eigenvalue weighted by Gasteiger charge is -2.12. The summed E-state index contributed by atoms with van der Waals surface area (Å²) in [6, 6.07) is 16.0. The Morgan fingerprint density at radius 2 is 1.88 bits per heavy atom. The minimum atomic E-state index is -0.553. The van der Waals surface area contributed by atoms with E-state index in [9.17, 15) is 4.79 Å². The van der Waals surface area contributed by atoms with Crippen LogP contribution in [0.3, 0.4) is 0 Å². The molecule has 0 aliphatic heterocycles. The van der Waals surface area contributed by atoms with Crippen molar-refractivity contribution >= 4 is 11.7 Å². The summed E-state index contributed by atoms with van der Waals surface area (Å²) < 4.78 is 0. The van der Waals surface area contributed by atoms with Crippen molar-refractivity contribution in [2.45, 2.75) is 32.7 Å². The number of hydrogen-bond donors (Lipinski definition) is 3. The fourth-order valence-electron chi connectivity index (χ4n) is 3.38. The number of nitrogens with two attached hydrogens (primary N) is 1. The Morgan fingerprint density at radius 1 is 1.09 bits per heavy atom. The average Bonchev–Trinajstić information content (AvgIpc) is 3.36. The molecule has 4 N–H and O–H groups in total. The van der Waals surface area contributed by atoms with E-state index in [0.29, 0.717) is 24.0 Å². The molecule has 0 unspecified atom stereocenters. The number of H-pyrrole nitrogens is 1. The molecule has 0 spiro atoms. The molecule has 2 aromatic heterocycles. The first kappa shape index (κ1) is 21.1. The van der Waals surface area contributed by atoms with Crippen LogP contribution in [0.4, 0.5) is 5.82 Å². The number of aryl methyl sites for hydroxylation is 1. The molecule has 0 aliphatic carbocycles. The maximum atomic E-state index is 11.8. The van der Waals surface area contributed by atoms with E-state index in [2.05, 4.69) is 42.8 Å². The van der Waals surface area contributed by atoms with E-state index >= 15 is 0 Å². The van der Waals surface area contributed by atoms with Gasteiger partial charge in [0.05, 0.1) is 5.56 Å². The third-order valence-electron chi connectivity index (χ3n) is 5.10. The highest BCUT2D eigenvalue weighted by Crippen LogP contribution is 2.29. The van der Waals surface area contributed by atoms with E-state index in [0.717, 1.165) is 41.5 Å². The molecular weight excluding hydrogens is 404 g/mol. The highest BCUT2D eigenvalue weighted by molar-refractivity contribution is 5.97. The van der Waals surface area contributed by atoms with Crippen molar-refractivity contribution in [3.63, 3.8) is 0 Å². The molecule has 0 aliphatic rings. The summed E-state index contributed by atoms with van der Waals surface area (Å²) in [5.74, 6) is 1.16. The molecule has 4 rings (SSSR count). The summed E-state index contributed by atoms with van der Waals surface area (Å²) in [5.41, 5.74) is 9.78. The number of amides is 1. The minimum Gasteiger partial charge on any atom is -0.365 e. The average molecular weight is 429 g/mol. The van der Waals surface area contributed by atoms with Gasteiger partial charge in [0.25, 0.3) is 5.91 Å². The summed E-state index contributed by atoms with van der Waals surface area (Å²) >= 11 is 0. The van der Waals surface area contributed by atoms with Crippen LogP contribution in [0.5, 0.6) is 0 Å². The van der Waals surface area contributed by atoms with Crippen molar-refractivity contribution in [3.8, 4) is 22.5 Å². The van der Waals surface area contributed by atoms with E-state index in [4.69, 9.17) is 5.73 Å². The number of unbranched alkanes of at least 4 members (excludes halogenated alkanes) is 1. The molecule has 0 saturated heterocycles. The van der Waals surface area contributed by atoms with Crippen molar-refractivity contribution in [3.05, 3.63) is 71.7 Å². The number of benzene rings is 2. The number of anilines is 1. The maximum absolute atomic E-state index is 11.8. The quantitative estimate of drug-likeness (QED) is 0.372. The Labute approximate surface area is 185 Å².